The molecule has 0 N–H and O–H groups in total. The number of hydrogen-bond donors (Lipinski definition) is 0. The van der Waals surface area contributed by atoms with Crippen LogP contribution in [0.25, 0.3) is 11.1 Å². The summed E-state index contributed by atoms with van der Waals surface area (Å²) in [7, 11) is -21.8. The van der Waals surface area contributed by atoms with Gasteiger partial charge in [-0.05, 0) is 57.3 Å². The summed E-state index contributed by atoms with van der Waals surface area (Å²) in [5.74, 6) is -1.84. The van der Waals surface area contributed by atoms with Gasteiger partial charge in [0.2, 0.25) is 0 Å². The Bertz CT molecular complexity index is 1520. The van der Waals surface area contributed by atoms with Crippen LogP contribution in [0.5, 0.6) is 11.5 Å². The van der Waals surface area contributed by atoms with Crippen LogP contribution >= 0.6 is 45.2 Å². The van der Waals surface area contributed by atoms with Crippen LogP contribution in [0.15, 0.2) is 31.7 Å². The van der Waals surface area contributed by atoms with Crippen molar-refractivity contribution < 1.29 is 180 Å². The van der Waals surface area contributed by atoms with E-state index < -0.39 is 89.8 Å². The second-order valence-corrected chi connectivity index (χ2v) is 13.7. The fourth-order valence-corrected chi connectivity index (χ4v) is 8.62. The van der Waals surface area contributed by atoms with E-state index in [1.807, 2.05) is 0 Å². The minimum atomic E-state index is -5.90. The first-order valence-corrected chi connectivity index (χ1v) is 15.6. The standard InChI is InChI=1S/C14H12I2O14S4.4Na/c1-29-11-5(15)3-7(31(17,18)19)9(13(11)33(23,24)25)10-8(32(20,21)22)4-6(16)12(30-2)14(10)34(26,27)28;;;;/h3-4H,1-2H3,(H,17,18,19)(H,20,21,22)(H,23,24,25)(H,26,27,28);;;;/q;4*+1/p-4. The molecule has 0 atom stereocenters. The first kappa shape index (κ1) is 45.6. The van der Waals surface area contributed by atoms with Crippen LogP contribution in [0.3, 0.4) is 0 Å². The predicted molar refractivity (Wildman–Crippen MR) is 122 cm³/mol. The van der Waals surface area contributed by atoms with Gasteiger partial charge in [-0.15, -0.1) is 0 Å². The average Bonchev–Trinajstić information content (AvgIpc) is 2.63. The smallest absolute Gasteiger partial charge is 0.744 e. The Morgan fingerprint density at radius 2 is 0.789 bits per heavy atom. The molecule has 14 nitrogen and oxygen atoms in total. The molecule has 0 saturated carbocycles. The van der Waals surface area contributed by atoms with E-state index in [2.05, 4.69) is 0 Å². The third-order valence-electron chi connectivity index (χ3n) is 4.01. The maximum atomic E-state index is 12.2. The molecule has 38 heavy (non-hydrogen) atoms. The summed E-state index contributed by atoms with van der Waals surface area (Å²) >= 11 is 2.56. The zero-order valence-electron chi connectivity index (χ0n) is 20.3. The monoisotopic (exact) mass is 874 g/mol. The molecule has 0 fully saturated rings. The van der Waals surface area contributed by atoms with E-state index in [1.54, 1.807) is 0 Å². The third kappa shape index (κ3) is 10.1. The van der Waals surface area contributed by atoms with Gasteiger partial charge in [0.25, 0.3) is 0 Å². The second-order valence-electron chi connectivity index (χ2n) is 6.00. The minimum Gasteiger partial charge on any atom is -0.744 e. The zero-order chi connectivity index (χ0) is 26.6. The Morgan fingerprint density at radius 3 is 0.947 bits per heavy atom. The Labute approximate surface area is 334 Å². The molecule has 24 heteroatoms. The van der Waals surface area contributed by atoms with Gasteiger partial charge in [0.1, 0.15) is 61.8 Å². The number of methoxy groups -OCH3 is 2. The summed E-state index contributed by atoms with van der Waals surface area (Å²) in [5.41, 5.74) is -3.30. The van der Waals surface area contributed by atoms with Crippen molar-refractivity contribution >= 4 is 85.7 Å². The van der Waals surface area contributed by atoms with E-state index in [0.29, 0.717) is 12.1 Å². The Morgan fingerprint density at radius 1 is 0.553 bits per heavy atom. The van der Waals surface area contributed by atoms with Gasteiger partial charge in [-0.25, -0.2) is 33.7 Å². The van der Waals surface area contributed by atoms with Crippen molar-refractivity contribution in [3.63, 3.8) is 0 Å². The average molecular weight is 874 g/mol. The maximum absolute atomic E-state index is 12.2. The summed E-state index contributed by atoms with van der Waals surface area (Å²) in [6, 6.07) is 0.886. The molecule has 0 spiro atoms. The number of halogens is 2. The van der Waals surface area contributed by atoms with Crippen molar-refractivity contribution in [1.29, 1.82) is 0 Å². The second kappa shape index (κ2) is 16.5. The van der Waals surface area contributed by atoms with E-state index in [9.17, 15) is 51.9 Å². The molecule has 0 aliphatic rings. The molecule has 0 saturated heterocycles. The van der Waals surface area contributed by atoms with E-state index in [0.717, 1.165) is 14.2 Å². The summed E-state index contributed by atoms with van der Waals surface area (Å²) in [6.07, 6.45) is 0. The molecule has 0 radical (unpaired) electrons. The number of benzene rings is 2. The summed E-state index contributed by atoms with van der Waals surface area (Å²) in [6.45, 7) is 0. The molecular weight excluding hydrogens is 866 g/mol. The van der Waals surface area contributed by atoms with Gasteiger partial charge < -0.3 is 27.7 Å². The van der Waals surface area contributed by atoms with Crippen molar-refractivity contribution in [3.05, 3.63) is 19.3 Å². The normalized spacial score (nSPS) is 11.7. The molecular formula is C14H8I2Na4O14S4. The largest absolute Gasteiger partial charge is 1.00 e. The fourth-order valence-electron chi connectivity index (χ4n) is 2.90. The van der Waals surface area contributed by atoms with Gasteiger partial charge in [-0.1, -0.05) is 0 Å². The van der Waals surface area contributed by atoms with Crippen LogP contribution in [-0.2, 0) is 40.5 Å². The molecule has 0 aliphatic heterocycles. The molecule has 0 unspecified atom stereocenters. The third-order valence-corrected chi connectivity index (χ3v) is 9.11. The molecule has 0 aromatic heterocycles. The summed E-state index contributed by atoms with van der Waals surface area (Å²) < 4.78 is 154. The van der Waals surface area contributed by atoms with Gasteiger partial charge in [0.15, 0.2) is 0 Å². The van der Waals surface area contributed by atoms with Crippen LogP contribution in [-0.4, -0.2) is 66.1 Å². The molecule has 0 bridgehead atoms. The van der Waals surface area contributed by atoms with Crippen LogP contribution in [0, 0.1) is 7.14 Å². The van der Waals surface area contributed by atoms with Crippen LogP contribution < -0.4 is 128 Å². The van der Waals surface area contributed by atoms with Crippen molar-refractivity contribution in [2.75, 3.05) is 14.2 Å². The topological polar surface area (TPSA) is 247 Å². The van der Waals surface area contributed by atoms with Crippen molar-refractivity contribution in [2.45, 2.75) is 19.6 Å². The predicted octanol–water partition coefficient (Wildman–Crippen LogP) is -11.8. The van der Waals surface area contributed by atoms with E-state index in [-0.39, 0.29) is 118 Å². The molecule has 190 valence electrons. The van der Waals surface area contributed by atoms with Crippen LogP contribution in [0.1, 0.15) is 0 Å². The van der Waals surface area contributed by atoms with Crippen LogP contribution in [0.4, 0.5) is 0 Å². The quantitative estimate of drug-likeness (QED) is 0.143. The molecule has 2 aromatic carbocycles. The minimum absolute atomic E-state index is 0. The van der Waals surface area contributed by atoms with Gasteiger partial charge in [0, 0.05) is 11.1 Å². The Balaban J connectivity index is -0.00000306. The Hall–Kier alpha value is 3.14. The first-order valence-electron chi connectivity index (χ1n) is 7.82. The molecule has 0 amide bonds. The molecule has 2 rings (SSSR count). The maximum Gasteiger partial charge on any atom is 1.00 e. The number of ether oxygens (including phenoxy) is 2. The first-order chi connectivity index (χ1) is 15.2. The van der Waals surface area contributed by atoms with Crippen molar-refractivity contribution in [3.8, 4) is 22.6 Å². The van der Waals surface area contributed by atoms with E-state index >= 15 is 0 Å². The molecule has 0 aliphatic carbocycles. The molecule has 2 aromatic rings. The number of rotatable bonds is 7. The van der Waals surface area contributed by atoms with Crippen LogP contribution in [0.2, 0.25) is 0 Å². The molecule has 0 heterocycles. The van der Waals surface area contributed by atoms with E-state index in [1.165, 1.54) is 45.2 Å². The van der Waals surface area contributed by atoms with Crippen molar-refractivity contribution in [1.82, 2.24) is 0 Å². The summed E-state index contributed by atoms with van der Waals surface area (Å²) in [4.78, 5) is -6.64. The Kier molecular flexibility index (Phi) is 19.7. The van der Waals surface area contributed by atoms with Gasteiger partial charge >= 0.3 is 118 Å². The van der Waals surface area contributed by atoms with Gasteiger partial charge in [0.05, 0.1) is 31.2 Å². The summed E-state index contributed by atoms with van der Waals surface area (Å²) in [5, 5.41) is 0. The fraction of sp³-hybridized carbons (Fsp3) is 0.143. The van der Waals surface area contributed by atoms with Gasteiger partial charge in [-0.3, -0.25) is 0 Å². The zero-order valence-corrected chi connectivity index (χ0v) is 35.8. The van der Waals surface area contributed by atoms with E-state index in [4.69, 9.17) is 9.47 Å². The van der Waals surface area contributed by atoms with Crippen molar-refractivity contribution in [2.24, 2.45) is 0 Å². The number of hydrogen-bond acceptors (Lipinski definition) is 14. The SMILES string of the molecule is COc1c(I)cc(S(=O)(=O)[O-])c(-c2c(S(=O)(=O)[O-])cc(I)c(OC)c2S(=O)(=O)[O-])c1S(=O)(=O)[O-].[Na+].[Na+].[Na+].[Na+]. The van der Waals surface area contributed by atoms with Gasteiger partial charge in [-0.2, -0.15) is 0 Å².